The maximum Gasteiger partial charge on any atom is 0.472 e. The summed E-state index contributed by atoms with van der Waals surface area (Å²) in [6, 6.07) is 0. The molecule has 0 aliphatic heterocycles. The summed E-state index contributed by atoms with van der Waals surface area (Å²) in [5.74, 6) is 0.896. The van der Waals surface area contributed by atoms with Crippen LogP contribution in [-0.2, 0) is 65.4 Å². The van der Waals surface area contributed by atoms with Crippen molar-refractivity contribution >= 4 is 39.5 Å². The molecule has 0 aromatic carbocycles. The topological polar surface area (TPSA) is 237 Å². The van der Waals surface area contributed by atoms with E-state index < -0.39 is 97.5 Å². The van der Waals surface area contributed by atoms with Crippen molar-refractivity contribution in [1.82, 2.24) is 0 Å². The van der Waals surface area contributed by atoms with Crippen LogP contribution in [0, 0.1) is 23.7 Å². The van der Waals surface area contributed by atoms with Gasteiger partial charge in [-0.3, -0.25) is 37.3 Å². The van der Waals surface area contributed by atoms with Crippen molar-refractivity contribution in [3.8, 4) is 0 Å². The lowest BCUT2D eigenvalue weighted by atomic mass is 9.99. The Morgan fingerprint density at radius 1 is 0.301 bits per heavy atom. The summed E-state index contributed by atoms with van der Waals surface area (Å²) < 4.78 is 68.3. The van der Waals surface area contributed by atoms with Crippen LogP contribution in [-0.4, -0.2) is 96.7 Å². The van der Waals surface area contributed by atoms with Crippen molar-refractivity contribution in [3.05, 3.63) is 0 Å². The van der Waals surface area contributed by atoms with Gasteiger partial charge < -0.3 is 33.8 Å². The van der Waals surface area contributed by atoms with Crippen LogP contribution in [0.25, 0.3) is 0 Å². The largest absolute Gasteiger partial charge is 0.472 e. The van der Waals surface area contributed by atoms with E-state index in [4.69, 9.17) is 37.0 Å². The van der Waals surface area contributed by atoms with Crippen molar-refractivity contribution in [2.24, 2.45) is 23.7 Å². The van der Waals surface area contributed by atoms with Crippen LogP contribution >= 0.6 is 15.6 Å². The van der Waals surface area contributed by atoms with Crippen molar-refractivity contribution in [1.29, 1.82) is 0 Å². The zero-order chi connectivity index (χ0) is 68.9. The number of aliphatic hydroxyl groups excluding tert-OH is 1. The van der Waals surface area contributed by atoms with Crippen molar-refractivity contribution < 1.29 is 80.2 Å². The van der Waals surface area contributed by atoms with E-state index in [1.807, 2.05) is 0 Å². The first-order valence-corrected chi connectivity index (χ1v) is 41.3. The van der Waals surface area contributed by atoms with Gasteiger partial charge in [-0.15, -0.1) is 0 Å². The highest BCUT2D eigenvalue weighted by molar-refractivity contribution is 7.47. The van der Waals surface area contributed by atoms with Crippen molar-refractivity contribution in [2.75, 3.05) is 39.6 Å². The molecule has 17 nitrogen and oxygen atoms in total. The van der Waals surface area contributed by atoms with Crippen LogP contribution in [0.1, 0.15) is 370 Å². The molecule has 7 atom stereocenters. The van der Waals surface area contributed by atoms with Crippen LogP contribution in [0.4, 0.5) is 0 Å². The van der Waals surface area contributed by atoms with E-state index in [0.717, 1.165) is 120 Å². The highest BCUT2D eigenvalue weighted by Gasteiger charge is 2.30. The molecule has 0 rings (SSSR count). The predicted octanol–water partition coefficient (Wildman–Crippen LogP) is 21.3. The molecule has 0 heterocycles. The molecule has 93 heavy (non-hydrogen) atoms. The molecule has 0 amide bonds. The number of phosphoric acid groups is 2. The standard InChI is InChI=1S/C74H144O17P2/c1-9-66(7)52-44-36-28-21-19-17-15-13-11-12-14-16-18-20-22-29-40-48-56-73(78)90-69(60-84-71(76)54-46-38-31-25-27-35-43-51-65(5)6)62-88-92(80,81)86-58-68(75)59-87-93(82,83)89-63-70(61-85-72(77)55-47-39-33-32-37-45-53-67(8)10-2)91-74(79)57-49-41-30-24-23-26-34-42-50-64(3)4/h64-70,75H,9-63H2,1-8H3,(H,80,81)(H,82,83)/t66?,67?,68-,69-,70-/m1/s1. The number of phosphoric ester groups is 2. The molecule has 0 aliphatic carbocycles. The predicted molar refractivity (Wildman–Crippen MR) is 377 cm³/mol. The Bertz CT molecular complexity index is 1840. The monoisotopic (exact) mass is 1370 g/mol. The molecule has 4 unspecified atom stereocenters. The van der Waals surface area contributed by atoms with Gasteiger partial charge in [0.05, 0.1) is 26.4 Å². The Morgan fingerprint density at radius 2 is 0.516 bits per heavy atom. The highest BCUT2D eigenvalue weighted by Crippen LogP contribution is 2.45. The average molecular weight is 1370 g/mol. The molecule has 0 radical (unpaired) electrons. The summed E-state index contributed by atoms with van der Waals surface area (Å²) in [6.07, 6.45) is 47.5. The molecular formula is C74H144O17P2. The third kappa shape index (κ3) is 65.8. The third-order valence-electron chi connectivity index (χ3n) is 17.8. The van der Waals surface area contributed by atoms with Gasteiger partial charge in [0.1, 0.15) is 19.3 Å². The van der Waals surface area contributed by atoms with E-state index in [1.54, 1.807) is 0 Å². The van der Waals surface area contributed by atoms with Gasteiger partial charge in [0.2, 0.25) is 0 Å². The first kappa shape index (κ1) is 91.1. The Balaban J connectivity index is 5.16. The van der Waals surface area contributed by atoms with E-state index in [2.05, 4.69) is 55.4 Å². The smallest absolute Gasteiger partial charge is 0.462 e. The molecule has 0 spiro atoms. The van der Waals surface area contributed by atoms with Crippen LogP contribution in [0.5, 0.6) is 0 Å². The van der Waals surface area contributed by atoms with Gasteiger partial charge in [0.25, 0.3) is 0 Å². The molecule has 0 fully saturated rings. The van der Waals surface area contributed by atoms with E-state index in [-0.39, 0.29) is 25.7 Å². The Hall–Kier alpha value is -1.94. The van der Waals surface area contributed by atoms with Crippen LogP contribution in [0.3, 0.4) is 0 Å². The molecule has 0 saturated heterocycles. The summed E-state index contributed by atoms with van der Waals surface area (Å²) in [5, 5.41) is 10.6. The van der Waals surface area contributed by atoms with Gasteiger partial charge in [-0.05, 0) is 49.4 Å². The molecule has 0 aliphatic rings. The van der Waals surface area contributed by atoms with Gasteiger partial charge in [0.15, 0.2) is 12.2 Å². The van der Waals surface area contributed by atoms with E-state index in [9.17, 15) is 43.2 Å². The van der Waals surface area contributed by atoms with Crippen molar-refractivity contribution in [3.63, 3.8) is 0 Å². The van der Waals surface area contributed by atoms with Gasteiger partial charge in [-0.25, -0.2) is 9.13 Å². The molecular weight excluding hydrogens is 1220 g/mol. The third-order valence-corrected chi connectivity index (χ3v) is 19.7. The average Bonchev–Trinajstić information content (AvgIpc) is 1.68. The lowest BCUT2D eigenvalue weighted by Crippen LogP contribution is -2.30. The number of carbonyl (C=O) groups is 4. The van der Waals surface area contributed by atoms with E-state index in [0.29, 0.717) is 31.6 Å². The summed E-state index contributed by atoms with van der Waals surface area (Å²) in [7, 11) is -9.91. The normalized spacial score (nSPS) is 14.8. The van der Waals surface area contributed by atoms with Crippen LogP contribution in [0.15, 0.2) is 0 Å². The van der Waals surface area contributed by atoms with Crippen LogP contribution < -0.4 is 0 Å². The van der Waals surface area contributed by atoms with Crippen LogP contribution in [0.2, 0.25) is 0 Å². The minimum absolute atomic E-state index is 0.103. The van der Waals surface area contributed by atoms with Crippen molar-refractivity contribution in [2.45, 2.75) is 388 Å². The number of aliphatic hydroxyl groups is 1. The second-order valence-electron chi connectivity index (χ2n) is 28.1. The van der Waals surface area contributed by atoms with Gasteiger partial charge in [-0.2, -0.15) is 0 Å². The van der Waals surface area contributed by atoms with Gasteiger partial charge in [0, 0.05) is 25.7 Å². The van der Waals surface area contributed by atoms with Gasteiger partial charge in [-0.1, -0.05) is 319 Å². The summed E-state index contributed by atoms with van der Waals surface area (Å²) in [5.41, 5.74) is 0. The Kier molecular flexibility index (Phi) is 62.2. The zero-order valence-electron chi connectivity index (χ0n) is 60.9. The highest BCUT2D eigenvalue weighted by atomic mass is 31.2. The van der Waals surface area contributed by atoms with E-state index >= 15 is 0 Å². The first-order chi connectivity index (χ1) is 44.7. The van der Waals surface area contributed by atoms with Gasteiger partial charge >= 0.3 is 39.5 Å². The fraction of sp³-hybridized carbons (Fsp3) is 0.946. The number of rotatable bonds is 71. The number of unbranched alkanes of at least 4 members (excludes halogenated alkanes) is 35. The summed E-state index contributed by atoms with van der Waals surface area (Å²) >= 11 is 0. The maximum atomic E-state index is 13.0. The number of carbonyl (C=O) groups excluding carboxylic acids is 4. The molecule has 552 valence electrons. The molecule has 0 saturated carbocycles. The second-order valence-corrected chi connectivity index (χ2v) is 31.0. The minimum Gasteiger partial charge on any atom is -0.462 e. The lowest BCUT2D eigenvalue weighted by Gasteiger charge is -2.21. The minimum atomic E-state index is -4.95. The summed E-state index contributed by atoms with van der Waals surface area (Å²) in [6.45, 7) is 14.1. The Morgan fingerprint density at radius 3 is 0.763 bits per heavy atom. The van der Waals surface area contributed by atoms with E-state index in [1.165, 1.54) is 161 Å². The molecule has 0 aromatic rings. The quantitative estimate of drug-likeness (QED) is 0.0222. The number of ether oxygens (including phenoxy) is 4. The fourth-order valence-corrected chi connectivity index (χ4v) is 12.7. The maximum absolute atomic E-state index is 13.0. The lowest BCUT2D eigenvalue weighted by molar-refractivity contribution is -0.161. The number of hydrogen-bond acceptors (Lipinski definition) is 15. The molecule has 19 heteroatoms. The first-order valence-electron chi connectivity index (χ1n) is 38.3. The summed E-state index contributed by atoms with van der Waals surface area (Å²) in [4.78, 5) is 72.6. The molecule has 3 N–H and O–H groups in total. The SMILES string of the molecule is CCC(C)CCCCCCCCCCCCCCCCCCCCC(=O)O[C@H](COC(=O)CCCCCCCCCC(C)C)COP(=O)(O)OC[C@@H](O)COP(=O)(O)OC[C@@H](COC(=O)CCCCCCCCC(C)CC)OC(=O)CCCCCCCCCCC(C)C. The zero-order valence-corrected chi connectivity index (χ0v) is 62.7. The Labute approximate surface area is 568 Å². The number of hydrogen-bond donors (Lipinski definition) is 3. The number of esters is 4. The second kappa shape index (κ2) is 63.5. The fourth-order valence-electron chi connectivity index (χ4n) is 11.1. The molecule has 0 bridgehead atoms. The molecule has 0 aromatic heterocycles.